The number of hydrogen-bond acceptors (Lipinski definition) is 3. The van der Waals surface area contributed by atoms with Crippen LogP contribution in [0.3, 0.4) is 0 Å². The number of fused-ring (bicyclic) bond motifs is 13. The third-order valence-electron chi connectivity index (χ3n) is 13.8. The van der Waals surface area contributed by atoms with Crippen LogP contribution in [0.15, 0.2) is 237 Å². The summed E-state index contributed by atoms with van der Waals surface area (Å²) in [4.78, 5) is 15.7. The van der Waals surface area contributed by atoms with Gasteiger partial charge in [-0.15, -0.1) is 0 Å². The van der Waals surface area contributed by atoms with Gasteiger partial charge in [0.25, 0.3) is 0 Å². The lowest BCUT2D eigenvalue weighted by atomic mass is 9.89. The van der Waals surface area contributed by atoms with Crippen LogP contribution in [0.2, 0.25) is 0 Å². The summed E-state index contributed by atoms with van der Waals surface area (Å²) >= 11 is 0. The van der Waals surface area contributed by atoms with Crippen LogP contribution in [-0.4, -0.2) is 24.1 Å². The monoisotopic (exact) mass is 865 g/mol. The van der Waals surface area contributed by atoms with Gasteiger partial charge in [0.05, 0.1) is 27.8 Å². The molecular formula is C63H39N5. The van der Waals surface area contributed by atoms with Crippen molar-refractivity contribution < 1.29 is 0 Å². The molecule has 14 aromatic rings. The Balaban J connectivity index is 1.02. The molecule has 316 valence electrons. The Morgan fingerprint density at radius 2 is 0.735 bits per heavy atom. The van der Waals surface area contributed by atoms with E-state index in [1.165, 1.54) is 49.0 Å². The van der Waals surface area contributed by atoms with Gasteiger partial charge >= 0.3 is 0 Å². The highest BCUT2D eigenvalue weighted by molar-refractivity contribution is 6.27. The van der Waals surface area contributed by atoms with Crippen LogP contribution in [0.25, 0.3) is 133 Å². The Kier molecular flexibility index (Phi) is 8.52. The van der Waals surface area contributed by atoms with Gasteiger partial charge in [0.15, 0.2) is 11.6 Å². The lowest BCUT2D eigenvalue weighted by Gasteiger charge is -2.18. The highest BCUT2D eigenvalue weighted by Crippen LogP contribution is 2.45. The summed E-state index contributed by atoms with van der Waals surface area (Å²) in [5.41, 5.74) is 11.9. The summed E-state index contributed by atoms with van der Waals surface area (Å²) < 4.78 is 4.72. The molecule has 0 aliphatic rings. The lowest BCUT2D eigenvalue weighted by Crippen LogP contribution is -2.06. The second kappa shape index (κ2) is 15.2. The summed E-state index contributed by atoms with van der Waals surface area (Å²) in [6, 6.07) is 84.7. The Morgan fingerprint density at radius 1 is 0.265 bits per heavy atom. The maximum Gasteiger partial charge on any atom is 0.238 e. The number of aromatic nitrogens is 5. The molecule has 0 spiro atoms. The van der Waals surface area contributed by atoms with Crippen LogP contribution >= 0.6 is 0 Å². The lowest BCUT2D eigenvalue weighted by molar-refractivity contribution is 0.955. The molecule has 0 radical (unpaired) electrons. The Bertz CT molecular complexity index is 4230. The molecule has 68 heavy (non-hydrogen) atoms. The zero-order valence-electron chi connectivity index (χ0n) is 36.8. The molecule has 0 unspecified atom stereocenters. The van der Waals surface area contributed by atoms with Crippen LogP contribution < -0.4 is 0 Å². The van der Waals surface area contributed by atoms with E-state index in [-0.39, 0.29) is 0 Å². The van der Waals surface area contributed by atoms with Crippen molar-refractivity contribution >= 4 is 75.9 Å². The fourth-order valence-corrected chi connectivity index (χ4v) is 10.8. The molecule has 0 aliphatic carbocycles. The molecule has 5 nitrogen and oxygen atoms in total. The first-order chi connectivity index (χ1) is 33.8. The number of benzene rings is 11. The van der Waals surface area contributed by atoms with E-state index < -0.39 is 0 Å². The fraction of sp³-hybridized carbons (Fsp3) is 0. The van der Waals surface area contributed by atoms with Crippen molar-refractivity contribution in [3.05, 3.63) is 237 Å². The molecule has 0 aliphatic heterocycles. The van der Waals surface area contributed by atoms with Crippen molar-refractivity contribution in [2.75, 3.05) is 0 Å². The minimum absolute atomic E-state index is 0.568. The average molecular weight is 866 g/mol. The van der Waals surface area contributed by atoms with Crippen molar-refractivity contribution in [1.82, 2.24) is 24.1 Å². The third-order valence-corrected chi connectivity index (χ3v) is 13.8. The highest BCUT2D eigenvalue weighted by atomic mass is 15.2. The van der Waals surface area contributed by atoms with Crippen LogP contribution in [0.5, 0.6) is 0 Å². The normalized spacial score (nSPS) is 11.8. The Morgan fingerprint density at radius 3 is 1.38 bits per heavy atom. The van der Waals surface area contributed by atoms with Gasteiger partial charge in [0.2, 0.25) is 5.95 Å². The van der Waals surface area contributed by atoms with E-state index in [4.69, 9.17) is 15.0 Å². The summed E-state index contributed by atoms with van der Waals surface area (Å²) in [5, 5.41) is 12.2. The molecule has 3 aromatic heterocycles. The summed E-state index contributed by atoms with van der Waals surface area (Å²) in [6.45, 7) is 0. The van der Waals surface area contributed by atoms with E-state index in [9.17, 15) is 0 Å². The second-order valence-electron chi connectivity index (χ2n) is 17.5. The first-order valence-electron chi connectivity index (χ1n) is 23.1. The third kappa shape index (κ3) is 5.79. The average Bonchev–Trinajstić information content (AvgIpc) is 3.94. The number of nitrogens with zero attached hydrogens (tertiary/aromatic N) is 5. The Hall–Kier alpha value is -9.19. The van der Waals surface area contributed by atoms with Crippen LogP contribution in [0, 0.1) is 0 Å². The van der Waals surface area contributed by atoms with Gasteiger partial charge in [-0.1, -0.05) is 206 Å². The molecule has 14 rings (SSSR count). The number of para-hydroxylation sites is 3. The Labute approximate surface area is 391 Å². The minimum atomic E-state index is 0.568. The van der Waals surface area contributed by atoms with Gasteiger partial charge in [-0.2, -0.15) is 9.97 Å². The summed E-state index contributed by atoms with van der Waals surface area (Å²) in [7, 11) is 0. The predicted octanol–water partition coefficient (Wildman–Crippen LogP) is 16.2. The van der Waals surface area contributed by atoms with Gasteiger partial charge in [0.1, 0.15) is 0 Å². The zero-order chi connectivity index (χ0) is 44.7. The standard InChI is InChI=1S/C63H39N5/c1-3-19-40(20-4-1)61-64-62(41-21-5-2-6-22-41)66-63(65-61)68-56-33-17-14-30-51(56)52-37-38-58-59(60(52)68)53-31-15-18-34-57(53)67(58)55-32-16-13-29-50(55)44-24-8-7-23-43(44)42-35-36-49-47-27-10-9-25-45(47)46-26-11-12-28-48(46)54(49)39-42/h1-39H. The van der Waals surface area contributed by atoms with E-state index in [2.05, 4.69) is 209 Å². The molecule has 0 saturated carbocycles. The van der Waals surface area contributed by atoms with E-state index >= 15 is 0 Å². The molecule has 0 bridgehead atoms. The SMILES string of the molecule is c1ccc(-c2nc(-c3ccccc3)nc(-n3c4ccccc4c4ccc5c(c6ccccc6n5-c5ccccc5-c5ccccc5-c5ccc6c7ccccc7c7ccccc7c6c5)c43)n2)cc1. The van der Waals surface area contributed by atoms with Gasteiger partial charge in [-0.25, -0.2) is 4.98 Å². The van der Waals surface area contributed by atoms with Crippen molar-refractivity contribution in [2.24, 2.45) is 0 Å². The van der Waals surface area contributed by atoms with E-state index in [1.807, 2.05) is 36.4 Å². The number of rotatable bonds is 6. The smallest absolute Gasteiger partial charge is 0.238 e. The first-order valence-corrected chi connectivity index (χ1v) is 23.1. The van der Waals surface area contributed by atoms with Crippen molar-refractivity contribution in [2.45, 2.75) is 0 Å². The van der Waals surface area contributed by atoms with Gasteiger partial charge in [-0.3, -0.25) is 4.57 Å². The maximum absolute atomic E-state index is 5.30. The first kappa shape index (κ1) is 38.1. The molecule has 0 saturated heterocycles. The molecule has 3 heterocycles. The zero-order valence-corrected chi connectivity index (χ0v) is 36.8. The fourth-order valence-electron chi connectivity index (χ4n) is 10.8. The van der Waals surface area contributed by atoms with Gasteiger partial charge in [0, 0.05) is 38.2 Å². The van der Waals surface area contributed by atoms with E-state index in [0.29, 0.717) is 17.6 Å². The molecule has 0 atom stereocenters. The van der Waals surface area contributed by atoms with Crippen molar-refractivity contribution in [3.63, 3.8) is 0 Å². The molecule has 0 amide bonds. The molecule has 0 fully saturated rings. The van der Waals surface area contributed by atoms with Gasteiger partial charge in [-0.05, 0) is 79.3 Å². The van der Waals surface area contributed by atoms with E-state index in [0.717, 1.165) is 66.0 Å². The summed E-state index contributed by atoms with van der Waals surface area (Å²) in [5.74, 6) is 1.81. The summed E-state index contributed by atoms with van der Waals surface area (Å²) in [6.07, 6.45) is 0. The molecule has 11 aromatic carbocycles. The second-order valence-corrected chi connectivity index (χ2v) is 17.5. The van der Waals surface area contributed by atoms with Crippen LogP contribution in [0.1, 0.15) is 0 Å². The van der Waals surface area contributed by atoms with Crippen LogP contribution in [0.4, 0.5) is 0 Å². The highest BCUT2D eigenvalue weighted by Gasteiger charge is 2.24. The molecule has 5 heteroatoms. The maximum atomic E-state index is 5.30. The van der Waals surface area contributed by atoms with E-state index in [1.54, 1.807) is 0 Å². The minimum Gasteiger partial charge on any atom is -0.309 e. The quantitative estimate of drug-likeness (QED) is 0.156. The predicted molar refractivity (Wildman–Crippen MR) is 283 cm³/mol. The molecular weight excluding hydrogens is 827 g/mol. The van der Waals surface area contributed by atoms with Crippen molar-refractivity contribution in [1.29, 1.82) is 0 Å². The van der Waals surface area contributed by atoms with Crippen LogP contribution in [-0.2, 0) is 0 Å². The largest absolute Gasteiger partial charge is 0.309 e. The van der Waals surface area contributed by atoms with Crippen molar-refractivity contribution in [3.8, 4) is 56.7 Å². The number of hydrogen-bond donors (Lipinski definition) is 0. The topological polar surface area (TPSA) is 48.5 Å². The van der Waals surface area contributed by atoms with Gasteiger partial charge < -0.3 is 4.57 Å². The molecule has 0 N–H and O–H groups in total.